The fourth-order valence-corrected chi connectivity index (χ4v) is 2.61. The lowest BCUT2D eigenvalue weighted by Crippen LogP contribution is -1.97. The number of ether oxygens (including phenoxy) is 1. The molecule has 118 valence electrons. The first kappa shape index (κ1) is 16.6. The van der Waals surface area contributed by atoms with Gasteiger partial charge < -0.3 is 4.74 Å². The molecule has 0 bridgehead atoms. The van der Waals surface area contributed by atoms with Crippen molar-refractivity contribution in [3.8, 4) is 5.75 Å². The van der Waals surface area contributed by atoms with Gasteiger partial charge >= 0.3 is 0 Å². The highest BCUT2D eigenvalue weighted by molar-refractivity contribution is 5.31. The minimum Gasteiger partial charge on any atom is -0.494 e. The summed E-state index contributed by atoms with van der Waals surface area (Å²) >= 11 is 0. The molecule has 1 nitrogen and oxygen atoms in total. The minimum absolute atomic E-state index is 0.837. The summed E-state index contributed by atoms with van der Waals surface area (Å²) in [6, 6.07) is 19.1. The van der Waals surface area contributed by atoms with E-state index in [4.69, 9.17) is 4.74 Å². The second-order valence-electron chi connectivity index (χ2n) is 5.92. The highest BCUT2D eigenvalue weighted by atomic mass is 16.5. The third-order valence-corrected chi connectivity index (χ3v) is 3.94. The lowest BCUT2D eigenvalue weighted by atomic mass is 10.1. The molecule has 0 saturated heterocycles. The molecule has 0 aliphatic heterocycles. The molecule has 0 spiro atoms. The molecule has 22 heavy (non-hydrogen) atoms. The average Bonchev–Trinajstić information content (AvgIpc) is 2.56. The fourth-order valence-electron chi connectivity index (χ4n) is 2.61. The van der Waals surface area contributed by atoms with Gasteiger partial charge in [0, 0.05) is 0 Å². The van der Waals surface area contributed by atoms with E-state index in [9.17, 15) is 0 Å². The SMILES string of the molecule is CCCCCCCCOc1ccc(Cc2ccccc2)cc1. The van der Waals surface area contributed by atoms with Gasteiger partial charge in [-0.25, -0.2) is 0 Å². The quantitative estimate of drug-likeness (QED) is 0.487. The predicted octanol–water partition coefficient (Wildman–Crippen LogP) is 6.02. The standard InChI is InChI=1S/C21H28O/c1-2-3-4-5-6-10-17-22-21-15-13-20(14-16-21)18-19-11-8-7-9-12-19/h7-9,11-16H,2-6,10,17-18H2,1H3. The van der Waals surface area contributed by atoms with Crippen molar-refractivity contribution in [2.45, 2.75) is 51.9 Å². The molecule has 0 fully saturated rings. The van der Waals surface area contributed by atoms with Crippen LogP contribution in [0.4, 0.5) is 0 Å². The second kappa shape index (κ2) is 10.0. The Bertz CT molecular complexity index is 501. The van der Waals surface area contributed by atoms with E-state index >= 15 is 0 Å². The van der Waals surface area contributed by atoms with Gasteiger partial charge in [0.1, 0.15) is 5.75 Å². The second-order valence-corrected chi connectivity index (χ2v) is 5.92. The first-order valence-electron chi connectivity index (χ1n) is 8.64. The van der Waals surface area contributed by atoms with Crippen molar-refractivity contribution in [3.63, 3.8) is 0 Å². The van der Waals surface area contributed by atoms with Crippen LogP contribution in [0.25, 0.3) is 0 Å². The lowest BCUT2D eigenvalue weighted by Gasteiger charge is -2.07. The smallest absolute Gasteiger partial charge is 0.119 e. The Kier molecular flexibility index (Phi) is 7.59. The van der Waals surface area contributed by atoms with Gasteiger partial charge in [0.15, 0.2) is 0 Å². The maximum atomic E-state index is 5.82. The predicted molar refractivity (Wildman–Crippen MR) is 94.6 cm³/mol. The van der Waals surface area contributed by atoms with Crippen molar-refractivity contribution in [1.29, 1.82) is 0 Å². The average molecular weight is 296 g/mol. The van der Waals surface area contributed by atoms with Crippen LogP contribution in [-0.2, 0) is 6.42 Å². The monoisotopic (exact) mass is 296 g/mol. The molecule has 2 rings (SSSR count). The number of hydrogen-bond acceptors (Lipinski definition) is 1. The van der Waals surface area contributed by atoms with Gasteiger partial charge in [-0.2, -0.15) is 0 Å². The van der Waals surface area contributed by atoms with Crippen LogP contribution in [0.3, 0.4) is 0 Å². The van der Waals surface area contributed by atoms with Gasteiger partial charge in [-0.1, -0.05) is 81.5 Å². The Morgan fingerprint density at radius 1 is 0.682 bits per heavy atom. The van der Waals surface area contributed by atoms with Crippen LogP contribution < -0.4 is 4.74 Å². The van der Waals surface area contributed by atoms with Crippen molar-refractivity contribution < 1.29 is 4.74 Å². The Labute approximate surface area is 135 Å². The van der Waals surface area contributed by atoms with Crippen LogP contribution >= 0.6 is 0 Å². The van der Waals surface area contributed by atoms with E-state index in [1.54, 1.807) is 0 Å². The molecule has 0 unspecified atom stereocenters. The molecule has 0 heterocycles. The topological polar surface area (TPSA) is 9.23 Å². The summed E-state index contributed by atoms with van der Waals surface area (Å²) in [5.41, 5.74) is 2.68. The van der Waals surface area contributed by atoms with Gasteiger partial charge in [-0.15, -0.1) is 0 Å². The molecule has 2 aromatic carbocycles. The van der Waals surface area contributed by atoms with Gasteiger partial charge in [-0.3, -0.25) is 0 Å². The minimum atomic E-state index is 0.837. The summed E-state index contributed by atoms with van der Waals surface area (Å²) in [5, 5.41) is 0. The zero-order valence-electron chi connectivity index (χ0n) is 13.8. The molecule has 0 saturated carbocycles. The molecule has 0 aromatic heterocycles. The van der Waals surface area contributed by atoms with Crippen LogP contribution in [0.2, 0.25) is 0 Å². The van der Waals surface area contributed by atoms with Crippen molar-refractivity contribution >= 4 is 0 Å². The molecular weight excluding hydrogens is 268 g/mol. The molecule has 0 N–H and O–H groups in total. The van der Waals surface area contributed by atoms with Crippen molar-refractivity contribution in [2.75, 3.05) is 6.61 Å². The highest BCUT2D eigenvalue weighted by Crippen LogP contribution is 2.16. The Morgan fingerprint density at radius 3 is 2.05 bits per heavy atom. The molecule has 0 atom stereocenters. The van der Waals surface area contributed by atoms with E-state index in [0.29, 0.717) is 0 Å². The van der Waals surface area contributed by atoms with E-state index in [2.05, 4.69) is 61.5 Å². The van der Waals surface area contributed by atoms with Gasteiger partial charge in [0.05, 0.1) is 6.61 Å². The number of unbranched alkanes of at least 4 members (excludes halogenated alkanes) is 5. The molecule has 2 aromatic rings. The van der Waals surface area contributed by atoms with E-state index in [1.165, 1.54) is 43.2 Å². The van der Waals surface area contributed by atoms with Crippen LogP contribution in [0.1, 0.15) is 56.6 Å². The Morgan fingerprint density at radius 2 is 1.32 bits per heavy atom. The summed E-state index contributed by atoms with van der Waals surface area (Å²) in [4.78, 5) is 0. The lowest BCUT2D eigenvalue weighted by molar-refractivity contribution is 0.304. The van der Waals surface area contributed by atoms with Gasteiger partial charge in [0.2, 0.25) is 0 Å². The Hall–Kier alpha value is -1.76. The summed E-state index contributed by atoms with van der Waals surface area (Å²) in [6.07, 6.45) is 8.81. The van der Waals surface area contributed by atoms with E-state index < -0.39 is 0 Å². The zero-order valence-corrected chi connectivity index (χ0v) is 13.8. The Balaban J connectivity index is 1.66. The first-order chi connectivity index (χ1) is 10.9. The molecule has 1 heteroatoms. The number of rotatable bonds is 10. The van der Waals surface area contributed by atoms with Crippen LogP contribution in [0, 0.1) is 0 Å². The normalized spacial score (nSPS) is 10.6. The van der Waals surface area contributed by atoms with Gasteiger partial charge in [0.25, 0.3) is 0 Å². The van der Waals surface area contributed by atoms with Crippen LogP contribution in [0.5, 0.6) is 5.75 Å². The summed E-state index contributed by atoms with van der Waals surface area (Å²) in [6.45, 7) is 3.09. The maximum absolute atomic E-state index is 5.82. The fraction of sp³-hybridized carbons (Fsp3) is 0.429. The highest BCUT2D eigenvalue weighted by Gasteiger charge is 1.98. The third kappa shape index (κ3) is 6.34. The number of benzene rings is 2. The maximum Gasteiger partial charge on any atom is 0.119 e. The largest absolute Gasteiger partial charge is 0.494 e. The molecular formula is C21H28O. The zero-order chi connectivity index (χ0) is 15.5. The molecule has 0 aliphatic rings. The van der Waals surface area contributed by atoms with Crippen LogP contribution in [0.15, 0.2) is 54.6 Å². The van der Waals surface area contributed by atoms with Crippen molar-refractivity contribution in [1.82, 2.24) is 0 Å². The van der Waals surface area contributed by atoms with Crippen molar-refractivity contribution in [2.24, 2.45) is 0 Å². The van der Waals surface area contributed by atoms with E-state index in [0.717, 1.165) is 25.2 Å². The summed E-state index contributed by atoms with van der Waals surface area (Å²) < 4.78 is 5.82. The summed E-state index contributed by atoms with van der Waals surface area (Å²) in [5.74, 6) is 0.991. The summed E-state index contributed by atoms with van der Waals surface area (Å²) in [7, 11) is 0. The van der Waals surface area contributed by atoms with E-state index in [-0.39, 0.29) is 0 Å². The molecule has 0 aliphatic carbocycles. The van der Waals surface area contributed by atoms with Crippen LogP contribution in [-0.4, -0.2) is 6.61 Å². The first-order valence-corrected chi connectivity index (χ1v) is 8.64. The molecule has 0 radical (unpaired) electrons. The molecule has 0 amide bonds. The third-order valence-electron chi connectivity index (χ3n) is 3.94. The van der Waals surface area contributed by atoms with Crippen molar-refractivity contribution in [3.05, 3.63) is 65.7 Å². The number of hydrogen-bond donors (Lipinski definition) is 0. The van der Waals surface area contributed by atoms with Gasteiger partial charge in [-0.05, 0) is 36.1 Å². The van der Waals surface area contributed by atoms with E-state index in [1.807, 2.05) is 0 Å².